The molecule has 9 heteroatoms. The molecule has 1 fully saturated rings. The summed E-state index contributed by atoms with van der Waals surface area (Å²) in [5.74, 6) is -0.480. The molecule has 0 spiro atoms. The molecule has 2 aromatic carbocycles. The minimum atomic E-state index is -3.79. The Morgan fingerprint density at radius 2 is 1.79 bits per heavy atom. The maximum absolute atomic E-state index is 12.9. The van der Waals surface area contributed by atoms with Crippen LogP contribution in [0, 0.1) is 6.92 Å². The summed E-state index contributed by atoms with van der Waals surface area (Å²) < 4.78 is 31.4. The van der Waals surface area contributed by atoms with Crippen LogP contribution in [-0.4, -0.2) is 46.2 Å². The van der Waals surface area contributed by atoms with E-state index in [1.165, 1.54) is 13.5 Å². The molecule has 0 unspecified atom stereocenters. The summed E-state index contributed by atoms with van der Waals surface area (Å²) in [5, 5.41) is 5.75. The lowest BCUT2D eigenvalue weighted by molar-refractivity contribution is -0.114. The molecule has 0 radical (unpaired) electrons. The number of para-hydroxylation sites is 1. The summed E-state index contributed by atoms with van der Waals surface area (Å²) in [6, 6.07) is 12.0. The number of anilines is 2. The molecule has 0 aliphatic heterocycles. The molecule has 33 heavy (non-hydrogen) atoms. The number of amides is 2. The van der Waals surface area contributed by atoms with Crippen LogP contribution in [0.15, 0.2) is 42.5 Å². The van der Waals surface area contributed by atoms with E-state index in [1.807, 2.05) is 6.92 Å². The number of aryl methyl sites for hydroxylation is 1. The molecule has 0 aromatic heterocycles. The Labute approximate surface area is 195 Å². The third-order valence-electron chi connectivity index (χ3n) is 5.68. The highest BCUT2D eigenvalue weighted by atomic mass is 32.2. The topological polar surface area (TPSA) is 105 Å². The first-order valence-corrected chi connectivity index (χ1v) is 12.9. The Balaban J connectivity index is 1.79. The predicted octanol–water partition coefficient (Wildman–Crippen LogP) is 3.47. The smallest absolute Gasteiger partial charge is 0.253 e. The molecule has 8 nitrogen and oxygen atoms in total. The molecular weight excluding hydrogens is 442 g/mol. The van der Waals surface area contributed by atoms with Crippen LogP contribution in [0.5, 0.6) is 5.75 Å². The SMILES string of the molecule is COc1ccc(C)cc1N(CC(=O)Nc1ccccc1C(=O)NC1CCCCC1)S(C)(=O)=O. The number of benzene rings is 2. The largest absolute Gasteiger partial charge is 0.495 e. The van der Waals surface area contributed by atoms with Gasteiger partial charge in [-0.05, 0) is 49.6 Å². The number of carbonyl (C=O) groups excluding carboxylic acids is 2. The predicted molar refractivity (Wildman–Crippen MR) is 129 cm³/mol. The monoisotopic (exact) mass is 473 g/mol. The lowest BCUT2D eigenvalue weighted by Crippen LogP contribution is -2.39. The molecule has 2 aromatic rings. The first kappa shape index (κ1) is 24.6. The van der Waals surface area contributed by atoms with E-state index < -0.39 is 22.5 Å². The standard InChI is InChI=1S/C24H31N3O5S/c1-17-13-14-22(32-2)21(15-17)27(33(3,30)31)16-23(28)26-20-12-8-7-11-19(20)24(29)25-18-9-5-4-6-10-18/h7-8,11-15,18H,4-6,9-10,16H2,1-3H3,(H,25,29)(H,26,28). The number of hydrogen-bond donors (Lipinski definition) is 2. The van der Waals surface area contributed by atoms with E-state index in [0.717, 1.165) is 41.8 Å². The highest BCUT2D eigenvalue weighted by Gasteiger charge is 2.25. The van der Waals surface area contributed by atoms with Crippen molar-refractivity contribution in [1.82, 2.24) is 5.32 Å². The Morgan fingerprint density at radius 1 is 1.09 bits per heavy atom. The average Bonchev–Trinajstić information content (AvgIpc) is 2.77. The highest BCUT2D eigenvalue weighted by Crippen LogP contribution is 2.31. The van der Waals surface area contributed by atoms with Gasteiger partial charge in [-0.1, -0.05) is 37.5 Å². The van der Waals surface area contributed by atoms with E-state index in [9.17, 15) is 18.0 Å². The molecule has 1 saturated carbocycles. The number of rotatable bonds is 8. The van der Waals surface area contributed by atoms with Gasteiger partial charge in [0.25, 0.3) is 5.91 Å². The summed E-state index contributed by atoms with van der Waals surface area (Å²) in [7, 11) is -2.35. The van der Waals surface area contributed by atoms with Crippen molar-refractivity contribution < 1.29 is 22.7 Å². The third-order valence-corrected chi connectivity index (χ3v) is 6.80. The number of sulfonamides is 1. The molecule has 0 saturated heterocycles. The van der Waals surface area contributed by atoms with Crippen molar-refractivity contribution in [1.29, 1.82) is 0 Å². The molecule has 1 aliphatic rings. The highest BCUT2D eigenvalue weighted by molar-refractivity contribution is 7.92. The van der Waals surface area contributed by atoms with Crippen molar-refractivity contribution in [3.8, 4) is 5.75 Å². The fraction of sp³-hybridized carbons (Fsp3) is 0.417. The number of nitrogens with one attached hydrogen (secondary N) is 2. The zero-order valence-corrected chi connectivity index (χ0v) is 20.1. The zero-order valence-electron chi connectivity index (χ0n) is 19.3. The second kappa shape index (κ2) is 10.7. The Morgan fingerprint density at radius 3 is 2.45 bits per heavy atom. The van der Waals surface area contributed by atoms with Crippen molar-refractivity contribution in [2.75, 3.05) is 29.5 Å². The van der Waals surface area contributed by atoms with Crippen LogP contribution in [0.4, 0.5) is 11.4 Å². The van der Waals surface area contributed by atoms with Crippen LogP contribution in [0.2, 0.25) is 0 Å². The van der Waals surface area contributed by atoms with E-state index in [0.29, 0.717) is 17.0 Å². The van der Waals surface area contributed by atoms with Crippen LogP contribution < -0.4 is 19.7 Å². The molecule has 2 amide bonds. The molecule has 0 atom stereocenters. The molecule has 2 N–H and O–H groups in total. The molecule has 178 valence electrons. The van der Waals surface area contributed by atoms with Crippen LogP contribution >= 0.6 is 0 Å². The van der Waals surface area contributed by atoms with Gasteiger partial charge in [0.15, 0.2) is 0 Å². The Bertz CT molecular complexity index is 1110. The van der Waals surface area contributed by atoms with Crippen LogP contribution in [0.3, 0.4) is 0 Å². The number of hydrogen-bond acceptors (Lipinski definition) is 5. The van der Waals surface area contributed by atoms with Crippen molar-refractivity contribution in [3.05, 3.63) is 53.6 Å². The lowest BCUT2D eigenvalue weighted by atomic mass is 9.95. The number of carbonyl (C=O) groups is 2. The first-order chi connectivity index (χ1) is 15.7. The molecule has 0 heterocycles. The molecular formula is C24H31N3O5S. The number of methoxy groups -OCH3 is 1. The summed E-state index contributed by atoms with van der Waals surface area (Å²) in [6.07, 6.45) is 6.29. The van der Waals surface area contributed by atoms with E-state index in [-0.39, 0.29) is 17.6 Å². The summed E-state index contributed by atoms with van der Waals surface area (Å²) in [6.45, 7) is 1.36. The van der Waals surface area contributed by atoms with Gasteiger partial charge in [0.05, 0.1) is 30.3 Å². The van der Waals surface area contributed by atoms with Crippen molar-refractivity contribution in [2.45, 2.75) is 45.1 Å². The quantitative estimate of drug-likeness (QED) is 0.611. The summed E-state index contributed by atoms with van der Waals surface area (Å²) in [5.41, 5.74) is 1.78. The minimum Gasteiger partial charge on any atom is -0.495 e. The van der Waals surface area contributed by atoms with Gasteiger partial charge in [-0.15, -0.1) is 0 Å². The second-order valence-electron chi connectivity index (χ2n) is 8.35. The summed E-state index contributed by atoms with van der Waals surface area (Å²) in [4.78, 5) is 25.8. The van der Waals surface area contributed by atoms with Crippen LogP contribution in [0.25, 0.3) is 0 Å². The Hall–Kier alpha value is -3.07. The van der Waals surface area contributed by atoms with Gasteiger partial charge in [0, 0.05) is 6.04 Å². The van der Waals surface area contributed by atoms with Crippen molar-refractivity contribution >= 4 is 33.2 Å². The van der Waals surface area contributed by atoms with E-state index in [4.69, 9.17) is 4.74 Å². The van der Waals surface area contributed by atoms with Gasteiger partial charge in [-0.2, -0.15) is 0 Å². The lowest BCUT2D eigenvalue weighted by Gasteiger charge is -2.25. The van der Waals surface area contributed by atoms with Gasteiger partial charge in [-0.3, -0.25) is 13.9 Å². The van der Waals surface area contributed by atoms with Crippen molar-refractivity contribution in [3.63, 3.8) is 0 Å². The van der Waals surface area contributed by atoms with Crippen LogP contribution in [-0.2, 0) is 14.8 Å². The molecule has 1 aliphatic carbocycles. The normalized spacial score (nSPS) is 14.4. The fourth-order valence-electron chi connectivity index (χ4n) is 4.00. The molecule has 3 rings (SSSR count). The molecule has 0 bridgehead atoms. The van der Waals surface area contributed by atoms with E-state index in [1.54, 1.807) is 42.5 Å². The van der Waals surface area contributed by atoms with Crippen molar-refractivity contribution in [2.24, 2.45) is 0 Å². The van der Waals surface area contributed by atoms with Gasteiger partial charge < -0.3 is 15.4 Å². The third kappa shape index (κ3) is 6.47. The van der Waals surface area contributed by atoms with E-state index >= 15 is 0 Å². The van der Waals surface area contributed by atoms with Crippen LogP contribution in [0.1, 0.15) is 48.0 Å². The Kier molecular flexibility index (Phi) is 7.97. The van der Waals surface area contributed by atoms with Gasteiger partial charge in [0.1, 0.15) is 12.3 Å². The number of nitrogens with zero attached hydrogens (tertiary/aromatic N) is 1. The second-order valence-corrected chi connectivity index (χ2v) is 10.3. The average molecular weight is 474 g/mol. The van der Waals surface area contributed by atoms with Gasteiger partial charge in [-0.25, -0.2) is 8.42 Å². The first-order valence-electron chi connectivity index (χ1n) is 11.0. The maximum Gasteiger partial charge on any atom is 0.253 e. The minimum absolute atomic E-state index is 0.129. The number of ether oxygens (including phenoxy) is 1. The summed E-state index contributed by atoms with van der Waals surface area (Å²) >= 11 is 0. The fourth-order valence-corrected chi connectivity index (χ4v) is 4.85. The van der Waals surface area contributed by atoms with E-state index in [2.05, 4.69) is 10.6 Å². The zero-order chi connectivity index (χ0) is 24.0. The maximum atomic E-state index is 12.9. The van der Waals surface area contributed by atoms with Gasteiger partial charge >= 0.3 is 0 Å². The van der Waals surface area contributed by atoms with Gasteiger partial charge in [0.2, 0.25) is 15.9 Å².